The van der Waals surface area contributed by atoms with Crippen molar-refractivity contribution in [1.82, 2.24) is 10.2 Å². The molecule has 0 radical (unpaired) electrons. The zero-order valence-corrected chi connectivity index (χ0v) is 25.7. The molecule has 0 spiro atoms. The largest absolute Gasteiger partial charge is 0.494 e. The number of ether oxygens (including phenoxy) is 1. The van der Waals surface area contributed by atoms with Gasteiger partial charge in [0, 0.05) is 17.6 Å². The van der Waals surface area contributed by atoms with Gasteiger partial charge < -0.3 is 15.0 Å². The number of hydrogen-bond acceptors (Lipinski definition) is 5. The summed E-state index contributed by atoms with van der Waals surface area (Å²) in [6.07, 6.45) is 0.721. The summed E-state index contributed by atoms with van der Waals surface area (Å²) in [6.45, 7) is 9.14. The average molecular weight is 600 g/mol. The highest BCUT2D eigenvalue weighted by Gasteiger charge is 2.33. The maximum atomic E-state index is 14.0. The van der Waals surface area contributed by atoms with Crippen LogP contribution in [0.3, 0.4) is 0 Å². The molecule has 0 unspecified atom stereocenters. The monoisotopic (exact) mass is 599 g/mol. The first-order chi connectivity index (χ1) is 19.5. The maximum absolute atomic E-state index is 14.0. The van der Waals surface area contributed by atoms with E-state index in [1.165, 1.54) is 17.0 Å². The minimum atomic E-state index is -4.17. The second-order valence-corrected chi connectivity index (χ2v) is 12.1. The van der Waals surface area contributed by atoms with E-state index < -0.39 is 28.5 Å². The molecule has 0 bridgehead atoms. The fourth-order valence-electron chi connectivity index (χ4n) is 4.10. The quantitative estimate of drug-likeness (QED) is 0.277. The highest BCUT2D eigenvalue weighted by molar-refractivity contribution is 7.92. The van der Waals surface area contributed by atoms with Gasteiger partial charge in [-0.1, -0.05) is 54.4 Å². The van der Waals surface area contributed by atoms with E-state index in [0.29, 0.717) is 28.6 Å². The SMILES string of the molecule is CCOc1ccc(S(=O)(=O)N(CC(=O)N(Cc2ccccc2Cl)[C@@H](C)C(=O)N[C@H](C)CC)c2ccc(C)cc2)cc1. The van der Waals surface area contributed by atoms with Gasteiger partial charge >= 0.3 is 0 Å². The Labute approximate surface area is 248 Å². The number of anilines is 1. The molecule has 10 heteroatoms. The van der Waals surface area contributed by atoms with Crippen LogP contribution in [0.4, 0.5) is 5.69 Å². The summed E-state index contributed by atoms with van der Waals surface area (Å²) in [5.74, 6) is -0.348. The zero-order chi connectivity index (χ0) is 30.2. The van der Waals surface area contributed by atoms with E-state index in [0.717, 1.165) is 16.3 Å². The number of sulfonamides is 1. The molecular formula is C31H38ClN3O5S. The Morgan fingerprint density at radius 2 is 1.59 bits per heavy atom. The first-order valence-corrected chi connectivity index (χ1v) is 15.4. The van der Waals surface area contributed by atoms with Gasteiger partial charge in [-0.2, -0.15) is 0 Å². The van der Waals surface area contributed by atoms with Crippen molar-refractivity contribution in [3.8, 4) is 5.75 Å². The Kier molecular flexibility index (Phi) is 11.2. The highest BCUT2D eigenvalue weighted by atomic mass is 35.5. The molecule has 3 aromatic rings. The molecule has 41 heavy (non-hydrogen) atoms. The second-order valence-electron chi connectivity index (χ2n) is 9.86. The Morgan fingerprint density at radius 1 is 0.951 bits per heavy atom. The van der Waals surface area contributed by atoms with Crippen LogP contribution >= 0.6 is 11.6 Å². The molecule has 3 rings (SSSR count). The van der Waals surface area contributed by atoms with E-state index in [2.05, 4.69) is 5.32 Å². The normalized spacial score (nSPS) is 12.7. The summed E-state index contributed by atoms with van der Waals surface area (Å²) in [7, 11) is -4.17. The van der Waals surface area contributed by atoms with Gasteiger partial charge in [-0.15, -0.1) is 0 Å². The van der Waals surface area contributed by atoms with Crippen LogP contribution in [0.2, 0.25) is 5.02 Å². The number of benzene rings is 3. The van der Waals surface area contributed by atoms with Crippen LogP contribution in [0.15, 0.2) is 77.7 Å². The Balaban J connectivity index is 2.02. The van der Waals surface area contributed by atoms with Crippen molar-refractivity contribution in [3.05, 3.63) is 88.9 Å². The highest BCUT2D eigenvalue weighted by Crippen LogP contribution is 2.27. The van der Waals surface area contributed by atoms with E-state index in [4.69, 9.17) is 16.3 Å². The fraction of sp³-hybridized carbons (Fsp3) is 0.355. The molecule has 0 heterocycles. The van der Waals surface area contributed by atoms with Crippen LogP contribution in [0.25, 0.3) is 0 Å². The third-order valence-corrected chi connectivity index (χ3v) is 8.95. The molecule has 2 amide bonds. The van der Waals surface area contributed by atoms with Crippen molar-refractivity contribution in [2.75, 3.05) is 17.5 Å². The molecule has 0 saturated heterocycles. The molecule has 2 atom stereocenters. The summed E-state index contributed by atoms with van der Waals surface area (Å²) >= 11 is 6.41. The van der Waals surface area contributed by atoms with E-state index in [1.54, 1.807) is 67.6 Å². The third kappa shape index (κ3) is 8.24. The van der Waals surface area contributed by atoms with Gasteiger partial charge in [0.15, 0.2) is 0 Å². The number of nitrogens with zero attached hydrogens (tertiary/aromatic N) is 2. The van der Waals surface area contributed by atoms with Gasteiger partial charge in [0.2, 0.25) is 11.8 Å². The number of nitrogens with one attached hydrogen (secondary N) is 1. The van der Waals surface area contributed by atoms with Gasteiger partial charge in [-0.3, -0.25) is 13.9 Å². The van der Waals surface area contributed by atoms with Crippen molar-refractivity contribution < 1.29 is 22.7 Å². The van der Waals surface area contributed by atoms with Gasteiger partial charge in [-0.05, 0) is 82.1 Å². The lowest BCUT2D eigenvalue weighted by atomic mass is 10.1. The zero-order valence-electron chi connectivity index (χ0n) is 24.1. The van der Waals surface area contributed by atoms with Crippen molar-refractivity contribution in [1.29, 1.82) is 0 Å². The van der Waals surface area contributed by atoms with E-state index in [9.17, 15) is 18.0 Å². The summed E-state index contributed by atoms with van der Waals surface area (Å²) in [6, 6.07) is 19.0. The smallest absolute Gasteiger partial charge is 0.264 e. The standard InChI is InChI=1S/C31H38ClN3O5S/c1-6-23(4)33-31(37)24(5)34(20-25-10-8-9-11-29(25)32)30(36)21-35(26-14-12-22(3)13-15-26)41(38,39)28-18-16-27(17-19-28)40-7-2/h8-19,23-24H,6-7,20-21H2,1-5H3,(H,33,37)/t23-,24+/m1/s1. The molecule has 0 aliphatic carbocycles. The minimum absolute atomic E-state index is 0.00884. The number of rotatable bonds is 13. The molecule has 0 aliphatic heterocycles. The maximum Gasteiger partial charge on any atom is 0.264 e. The van der Waals surface area contributed by atoms with E-state index in [-0.39, 0.29) is 23.4 Å². The van der Waals surface area contributed by atoms with E-state index >= 15 is 0 Å². The lowest BCUT2D eigenvalue weighted by Gasteiger charge is -2.32. The topological polar surface area (TPSA) is 96.0 Å². The van der Waals surface area contributed by atoms with E-state index in [1.807, 2.05) is 27.7 Å². The Morgan fingerprint density at radius 3 is 2.17 bits per heavy atom. The number of halogens is 1. The Hall–Kier alpha value is -3.56. The van der Waals surface area contributed by atoms with Gasteiger partial charge in [0.1, 0.15) is 18.3 Å². The lowest BCUT2D eigenvalue weighted by molar-refractivity contribution is -0.139. The number of carbonyl (C=O) groups excluding carboxylic acids is 2. The van der Waals surface area contributed by atoms with Crippen molar-refractivity contribution in [2.45, 2.75) is 64.6 Å². The number of carbonyl (C=O) groups is 2. The van der Waals surface area contributed by atoms with Gasteiger partial charge in [-0.25, -0.2) is 8.42 Å². The molecule has 3 aromatic carbocycles. The molecule has 1 N–H and O–H groups in total. The fourth-order valence-corrected chi connectivity index (χ4v) is 5.71. The van der Waals surface area contributed by atoms with Gasteiger partial charge in [0.05, 0.1) is 17.2 Å². The molecule has 220 valence electrons. The summed E-state index contributed by atoms with van der Waals surface area (Å²) in [5, 5.41) is 3.36. The number of amides is 2. The first-order valence-electron chi connectivity index (χ1n) is 13.6. The van der Waals surface area contributed by atoms with Crippen LogP contribution in [0.5, 0.6) is 5.75 Å². The summed E-state index contributed by atoms with van der Waals surface area (Å²) in [5.41, 5.74) is 1.91. The number of aryl methyl sites for hydroxylation is 1. The van der Waals surface area contributed by atoms with Crippen LogP contribution in [-0.2, 0) is 26.2 Å². The first kappa shape index (κ1) is 32.0. The Bertz CT molecular complexity index is 1430. The lowest BCUT2D eigenvalue weighted by Crippen LogP contribution is -2.52. The molecule has 0 saturated carbocycles. The molecule has 8 nitrogen and oxygen atoms in total. The summed E-state index contributed by atoms with van der Waals surface area (Å²) in [4.78, 5) is 28.5. The van der Waals surface area contributed by atoms with Crippen molar-refractivity contribution >= 4 is 39.1 Å². The van der Waals surface area contributed by atoms with Crippen LogP contribution < -0.4 is 14.4 Å². The third-order valence-electron chi connectivity index (χ3n) is 6.79. The van der Waals surface area contributed by atoms with Crippen molar-refractivity contribution in [2.24, 2.45) is 0 Å². The van der Waals surface area contributed by atoms with Crippen LogP contribution in [-0.4, -0.2) is 50.4 Å². The average Bonchev–Trinajstić information content (AvgIpc) is 2.96. The predicted molar refractivity (Wildman–Crippen MR) is 163 cm³/mol. The van der Waals surface area contributed by atoms with Gasteiger partial charge in [0.25, 0.3) is 10.0 Å². The second kappa shape index (κ2) is 14.4. The molecule has 0 aliphatic rings. The number of hydrogen-bond donors (Lipinski definition) is 1. The molecule has 0 fully saturated rings. The molecular weight excluding hydrogens is 562 g/mol. The van der Waals surface area contributed by atoms with Crippen LogP contribution in [0, 0.1) is 6.92 Å². The molecule has 0 aromatic heterocycles. The minimum Gasteiger partial charge on any atom is -0.494 e. The van der Waals surface area contributed by atoms with Crippen LogP contribution in [0.1, 0.15) is 45.2 Å². The predicted octanol–water partition coefficient (Wildman–Crippen LogP) is 5.57. The summed E-state index contributed by atoms with van der Waals surface area (Å²) < 4.78 is 34.5. The van der Waals surface area contributed by atoms with Crippen molar-refractivity contribution in [3.63, 3.8) is 0 Å².